The molecule has 1 atom stereocenters. The second-order valence-corrected chi connectivity index (χ2v) is 6.37. The molecule has 0 aromatic heterocycles. The van der Waals surface area contributed by atoms with Crippen LogP contribution in [0.1, 0.15) is 40.5 Å². The molecule has 2 N–H and O–H groups in total. The van der Waals surface area contributed by atoms with Gasteiger partial charge >= 0.3 is 0 Å². The predicted octanol–water partition coefficient (Wildman–Crippen LogP) is 2.01. The highest BCUT2D eigenvalue weighted by molar-refractivity contribution is 8.13. The van der Waals surface area contributed by atoms with Crippen LogP contribution in [0.4, 0.5) is 0 Å². The standard InChI is InChI=1S/C13H25N3OS/c1-9(2)11-6-8-18-13(16-11)14-7-5-12(17)15-10(3)4/h9-11H,5-8H2,1-4H3,(H,14,16)(H,15,17). The smallest absolute Gasteiger partial charge is 0.222 e. The number of hydrogen-bond donors (Lipinski definition) is 2. The first-order chi connectivity index (χ1) is 8.49. The van der Waals surface area contributed by atoms with Crippen molar-refractivity contribution < 1.29 is 4.79 Å². The number of carbonyl (C=O) groups excluding carboxylic acids is 1. The maximum Gasteiger partial charge on any atom is 0.222 e. The van der Waals surface area contributed by atoms with Crippen LogP contribution in [0.25, 0.3) is 0 Å². The normalized spacial score (nSPS) is 22.3. The SMILES string of the molecule is CC(C)NC(=O)CCN=C1NC(C(C)C)CCS1. The summed E-state index contributed by atoms with van der Waals surface area (Å²) in [6.07, 6.45) is 1.66. The molecule has 0 spiro atoms. The molecule has 5 heteroatoms. The van der Waals surface area contributed by atoms with Gasteiger partial charge in [0.15, 0.2) is 5.17 Å². The monoisotopic (exact) mass is 271 g/mol. The molecule has 18 heavy (non-hydrogen) atoms. The van der Waals surface area contributed by atoms with Crippen molar-refractivity contribution in [2.24, 2.45) is 10.9 Å². The second kappa shape index (κ2) is 7.67. The number of carbonyl (C=O) groups is 1. The van der Waals surface area contributed by atoms with E-state index >= 15 is 0 Å². The van der Waals surface area contributed by atoms with Gasteiger partial charge in [-0.25, -0.2) is 0 Å². The summed E-state index contributed by atoms with van der Waals surface area (Å²) in [7, 11) is 0. The molecule has 1 fully saturated rings. The maximum atomic E-state index is 11.5. The van der Waals surface area contributed by atoms with E-state index in [1.807, 2.05) is 13.8 Å². The molecule has 1 rings (SSSR count). The molecule has 0 saturated carbocycles. The zero-order valence-electron chi connectivity index (χ0n) is 11.8. The van der Waals surface area contributed by atoms with Gasteiger partial charge in [0.25, 0.3) is 0 Å². The lowest BCUT2D eigenvalue weighted by Crippen LogP contribution is -2.41. The van der Waals surface area contributed by atoms with Crippen LogP contribution in [-0.2, 0) is 4.79 Å². The Morgan fingerprint density at radius 2 is 2.22 bits per heavy atom. The summed E-state index contributed by atoms with van der Waals surface area (Å²) in [5.74, 6) is 1.82. The van der Waals surface area contributed by atoms with E-state index in [0.29, 0.717) is 24.9 Å². The van der Waals surface area contributed by atoms with E-state index in [1.165, 1.54) is 6.42 Å². The van der Waals surface area contributed by atoms with E-state index in [1.54, 1.807) is 11.8 Å². The molecule has 1 heterocycles. The van der Waals surface area contributed by atoms with Gasteiger partial charge in [-0.3, -0.25) is 9.79 Å². The minimum Gasteiger partial charge on any atom is -0.362 e. The van der Waals surface area contributed by atoms with Crippen molar-refractivity contribution in [1.82, 2.24) is 10.6 Å². The van der Waals surface area contributed by atoms with E-state index in [0.717, 1.165) is 10.9 Å². The number of rotatable bonds is 5. The van der Waals surface area contributed by atoms with Crippen LogP contribution in [-0.4, -0.2) is 35.5 Å². The van der Waals surface area contributed by atoms with Gasteiger partial charge in [0.1, 0.15) is 0 Å². The number of amidine groups is 1. The summed E-state index contributed by atoms with van der Waals surface area (Å²) in [5, 5.41) is 7.32. The zero-order valence-corrected chi connectivity index (χ0v) is 12.6. The van der Waals surface area contributed by atoms with E-state index < -0.39 is 0 Å². The van der Waals surface area contributed by atoms with Crippen molar-refractivity contribution in [3.8, 4) is 0 Å². The lowest BCUT2D eigenvalue weighted by Gasteiger charge is -2.28. The van der Waals surface area contributed by atoms with E-state index in [2.05, 4.69) is 29.5 Å². The fourth-order valence-electron chi connectivity index (χ4n) is 1.80. The van der Waals surface area contributed by atoms with Gasteiger partial charge in [0, 0.05) is 24.3 Å². The summed E-state index contributed by atoms with van der Waals surface area (Å²) in [4.78, 5) is 15.9. The lowest BCUT2D eigenvalue weighted by molar-refractivity contribution is -0.121. The van der Waals surface area contributed by atoms with Crippen LogP contribution in [0.15, 0.2) is 4.99 Å². The largest absolute Gasteiger partial charge is 0.362 e. The molecule has 1 amide bonds. The van der Waals surface area contributed by atoms with E-state index in [4.69, 9.17) is 0 Å². The Kier molecular flexibility index (Phi) is 6.54. The minimum absolute atomic E-state index is 0.0792. The Morgan fingerprint density at radius 3 is 2.83 bits per heavy atom. The van der Waals surface area contributed by atoms with Gasteiger partial charge in [0.2, 0.25) is 5.91 Å². The average molecular weight is 271 g/mol. The third-order valence-electron chi connectivity index (χ3n) is 2.83. The third kappa shape index (κ3) is 5.76. The highest BCUT2D eigenvalue weighted by Gasteiger charge is 2.19. The van der Waals surface area contributed by atoms with Gasteiger partial charge in [0.05, 0.1) is 6.54 Å². The van der Waals surface area contributed by atoms with E-state index in [-0.39, 0.29) is 11.9 Å². The molecule has 1 unspecified atom stereocenters. The van der Waals surface area contributed by atoms with Crippen LogP contribution >= 0.6 is 11.8 Å². The quantitative estimate of drug-likeness (QED) is 0.804. The van der Waals surface area contributed by atoms with Crippen LogP contribution < -0.4 is 10.6 Å². The summed E-state index contributed by atoms with van der Waals surface area (Å²) < 4.78 is 0. The summed E-state index contributed by atoms with van der Waals surface area (Å²) in [6.45, 7) is 8.95. The zero-order chi connectivity index (χ0) is 13.5. The molecule has 1 aliphatic rings. The Morgan fingerprint density at radius 1 is 1.50 bits per heavy atom. The molecule has 1 aliphatic heterocycles. The van der Waals surface area contributed by atoms with Crippen LogP contribution in [0, 0.1) is 5.92 Å². The molecule has 0 aromatic rings. The average Bonchev–Trinajstić information content (AvgIpc) is 2.28. The first kappa shape index (κ1) is 15.3. The third-order valence-corrected chi connectivity index (χ3v) is 3.79. The first-order valence-electron chi connectivity index (χ1n) is 6.72. The molecule has 4 nitrogen and oxygen atoms in total. The van der Waals surface area contributed by atoms with Crippen LogP contribution in [0.5, 0.6) is 0 Å². The number of nitrogens with zero attached hydrogens (tertiary/aromatic N) is 1. The number of amides is 1. The number of nitrogens with one attached hydrogen (secondary N) is 2. The number of thioether (sulfide) groups is 1. The molecule has 0 aromatic carbocycles. The molecule has 0 aliphatic carbocycles. The summed E-state index contributed by atoms with van der Waals surface area (Å²) in [6, 6.07) is 0.729. The summed E-state index contributed by atoms with van der Waals surface area (Å²) >= 11 is 1.76. The molecular formula is C13H25N3OS. The van der Waals surface area contributed by atoms with Gasteiger partial charge in [-0.15, -0.1) is 0 Å². The second-order valence-electron chi connectivity index (χ2n) is 5.29. The molecule has 104 valence electrons. The Balaban J connectivity index is 2.31. The Hall–Kier alpha value is -0.710. The number of aliphatic imine (C=N–C) groups is 1. The van der Waals surface area contributed by atoms with Crippen LogP contribution in [0.2, 0.25) is 0 Å². The van der Waals surface area contributed by atoms with Crippen molar-refractivity contribution in [2.45, 2.75) is 52.6 Å². The summed E-state index contributed by atoms with van der Waals surface area (Å²) in [5.41, 5.74) is 0. The Labute approximate surface area is 114 Å². The molecule has 1 saturated heterocycles. The van der Waals surface area contributed by atoms with Gasteiger partial charge < -0.3 is 10.6 Å². The highest BCUT2D eigenvalue weighted by Crippen LogP contribution is 2.18. The molecule has 0 bridgehead atoms. The van der Waals surface area contributed by atoms with Gasteiger partial charge in [-0.2, -0.15) is 0 Å². The predicted molar refractivity (Wildman–Crippen MR) is 79.0 cm³/mol. The van der Waals surface area contributed by atoms with Gasteiger partial charge in [-0.05, 0) is 26.2 Å². The molecular weight excluding hydrogens is 246 g/mol. The topological polar surface area (TPSA) is 53.5 Å². The van der Waals surface area contributed by atoms with Crippen molar-refractivity contribution in [3.63, 3.8) is 0 Å². The highest BCUT2D eigenvalue weighted by atomic mass is 32.2. The van der Waals surface area contributed by atoms with Crippen molar-refractivity contribution in [2.75, 3.05) is 12.3 Å². The van der Waals surface area contributed by atoms with Gasteiger partial charge in [-0.1, -0.05) is 25.6 Å². The Bertz CT molecular complexity index is 303. The van der Waals surface area contributed by atoms with Crippen molar-refractivity contribution in [3.05, 3.63) is 0 Å². The molecule has 0 radical (unpaired) electrons. The van der Waals surface area contributed by atoms with Crippen LogP contribution in [0.3, 0.4) is 0 Å². The number of hydrogen-bond acceptors (Lipinski definition) is 3. The first-order valence-corrected chi connectivity index (χ1v) is 7.70. The minimum atomic E-state index is 0.0792. The fourth-order valence-corrected chi connectivity index (χ4v) is 2.78. The van der Waals surface area contributed by atoms with Crippen molar-refractivity contribution >= 4 is 22.8 Å². The maximum absolute atomic E-state index is 11.5. The fraction of sp³-hybridized carbons (Fsp3) is 0.846. The van der Waals surface area contributed by atoms with Crippen molar-refractivity contribution in [1.29, 1.82) is 0 Å². The van der Waals surface area contributed by atoms with E-state index in [9.17, 15) is 4.79 Å². The lowest BCUT2D eigenvalue weighted by atomic mass is 10.0.